The fourth-order valence-corrected chi connectivity index (χ4v) is 5.82. The number of thioether (sulfide) groups is 1. The van der Waals surface area contributed by atoms with Crippen molar-refractivity contribution in [3.05, 3.63) is 100 Å². The second kappa shape index (κ2) is 11.5. The Morgan fingerprint density at radius 3 is 2.49 bits per heavy atom. The van der Waals surface area contributed by atoms with E-state index in [4.69, 9.17) is 26.8 Å². The van der Waals surface area contributed by atoms with Gasteiger partial charge in [0.1, 0.15) is 10.0 Å². The van der Waals surface area contributed by atoms with Crippen LogP contribution in [0, 0.1) is 13.8 Å². The van der Waals surface area contributed by atoms with Gasteiger partial charge in [0, 0.05) is 23.9 Å². The molecule has 0 bridgehead atoms. The fraction of sp³-hybridized carbons (Fsp3) is 0.194. The highest BCUT2D eigenvalue weighted by Gasteiger charge is 2.32. The Hall–Kier alpha value is -3.88. The summed E-state index contributed by atoms with van der Waals surface area (Å²) in [4.78, 5) is 15.7. The minimum Gasteiger partial charge on any atom is -0.493 e. The Labute approximate surface area is 238 Å². The van der Waals surface area contributed by atoms with E-state index in [2.05, 4.69) is 32.0 Å². The van der Waals surface area contributed by atoms with Crippen LogP contribution in [0.4, 0.5) is 0 Å². The van der Waals surface area contributed by atoms with Gasteiger partial charge in [0.25, 0.3) is 5.91 Å². The SMILES string of the molecule is COc1ccc(CCN2C(=O)C(=Cc3cn(-c4ccccc4)nc3-c3cc(C)ccc3C)SC2=S)cc1OC. The molecular weight excluding hydrogens is 526 g/mol. The van der Waals surface area contributed by atoms with Crippen LogP contribution in [0.3, 0.4) is 0 Å². The number of carbonyl (C=O) groups excluding carboxylic acids is 1. The summed E-state index contributed by atoms with van der Waals surface area (Å²) in [5.74, 6) is 1.24. The lowest BCUT2D eigenvalue weighted by Crippen LogP contribution is -2.30. The molecule has 1 aliphatic rings. The molecule has 1 saturated heterocycles. The minimum absolute atomic E-state index is 0.0927. The molecule has 3 aromatic carbocycles. The van der Waals surface area contributed by atoms with Gasteiger partial charge < -0.3 is 9.47 Å². The molecule has 39 heavy (non-hydrogen) atoms. The number of rotatable bonds is 8. The Balaban J connectivity index is 1.45. The highest BCUT2D eigenvalue weighted by atomic mass is 32.2. The number of hydrogen-bond acceptors (Lipinski definition) is 6. The van der Waals surface area contributed by atoms with Crippen molar-refractivity contribution in [1.82, 2.24) is 14.7 Å². The zero-order chi connectivity index (χ0) is 27.5. The molecule has 0 atom stereocenters. The van der Waals surface area contributed by atoms with E-state index in [0.29, 0.717) is 33.7 Å². The standard InChI is InChI=1S/C31H29N3O3S2/c1-20-10-11-21(2)25(16-20)29-23(19-34(32-29)24-8-6-5-7-9-24)18-28-30(35)33(31(38)39-28)15-14-22-12-13-26(36-3)27(17-22)37-4/h5-13,16-19H,14-15H2,1-4H3. The molecule has 198 valence electrons. The molecule has 0 radical (unpaired) electrons. The molecule has 1 aromatic heterocycles. The molecule has 8 heteroatoms. The zero-order valence-corrected chi connectivity index (χ0v) is 23.9. The Kier molecular flexibility index (Phi) is 7.86. The number of amides is 1. The summed E-state index contributed by atoms with van der Waals surface area (Å²) in [5.41, 5.74) is 7.00. The van der Waals surface area contributed by atoms with E-state index in [1.165, 1.54) is 11.8 Å². The van der Waals surface area contributed by atoms with Crippen LogP contribution in [0.1, 0.15) is 22.3 Å². The van der Waals surface area contributed by atoms with Crippen molar-refractivity contribution >= 4 is 40.3 Å². The molecule has 0 spiro atoms. The van der Waals surface area contributed by atoms with Gasteiger partial charge in [-0.1, -0.05) is 65.9 Å². The molecule has 5 rings (SSSR count). The number of aryl methyl sites for hydroxylation is 2. The first-order chi connectivity index (χ1) is 18.9. The maximum atomic E-state index is 13.5. The van der Waals surface area contributed by atoms with E-state index >= 15 is 0 Å². The van der Waals surface area contributed by atoms with Crippen LogP contribution in [0.5, 0.6) is 11.5 Å². The van der Waals surface area contributed by atoms with E-state index in [0.717, 1.165) is 39.2 Å². The highest BCUT2D eigenvalue weighted by molar-refractivity contribution is 8.26. The molecule has 1 fully saturated rings. The van der Waals surface area contributed by atoms with Crippen molar-refractivity contribution in [2.45, 2.75) is 20.3 Å². The quantitative estimate of drug-likeness (QED) is 0.180. The van der Waals surface area contributed by atoms with Crippen LogP contribution in [0.15, 0.2) is 77.8 Å². The predicted octanol–water partition coefficient (Wildman–Crippen LogP) is 6.62. The van der Waals surface area contributed by atoms with E-state index in [1.807, 2.05) is 65.5 Å². The summed E-state index contributed by atoms with van der Waals surface area (Å²) in [6.45, 7) is 4.62. The van der Waals surface area contributed by atoms with Crippen molar-refractivity contribution in [1.29, 1.82) is 0 Å². The third-order valence-electron chi connectivity index (χ3n) is 6.64. The predicted molar refractivity (Wildman–Crippen MR) is 162 cm³/mol. The number of methoxy groups -OCH3 is 2. The van der Waals surface area contributed by atoms with Gasteiger partial charge in [0.2, 0.25) is 0 Å². The summed E-state index contributed by atoms with van der Waals surface area (Å²) in [7, 11) is 3.22. The third-order valence-corrected chi connectivity index (χ3v) is 8.02. The Morgan fingerprint density at radius 2 is 1.74 bits per heavy atom. The van der Waals surface area contributed by atoms with Crippen molar-refractivity contribution in [2.75, 3.05) is 20.8 Å². The monoisotopic (exact) mass is 555 g/mol. The normalized spacial score (nSPS) is 14.4. The largest absolute Gasteiger partial charge is 0.493 e. The first-order valence-corrected chi connectivity index (χ1v) is 13.8. The highest BCUT2D eigenvalue weighted by Crippen LogP contribution is 2.36. The summed E-state index contributed by atoms with van der Waals surface area (Å²) >= 11 is 6.95. The van der Waals surface area contributed by atoms with Crippen molar-refractivity contribution < 1.29 is 14.3 Å². The van der Waals surface area contributed by atoms with E-state index < -0.39 is 0 Å². The molecule has 1 amide bonds. The minimum atomic E-state index is -0.0927. The van der Waals surface area contributed by atoms with Gasteiger partial charge in [-0.3, -0.25) is 9.69 Å². The smallest absolute Gasteiger partial charge is 0.266 e. The van der Waals surface area contributed by atoms with Crippen LogP contribution < -0.4 is 9.47 Å². The van der Waals surface area contributed by atoms with E-state index in [9.17, 15) is 4.79 Å². The lowest BCUT2D eigenvalue weighted by Gasteiger charge is -2.15. The average molecular weight is 556 g/mol. The third kappa shape index (κ3) is 5.62. The van der Waals surface area contributed by atoms with Crippen molar-refractivity contribution in [2.24, 2.45) is 0 Å². The summed E-state index contributed by atoms with van der Waals surface area (Å²) in [5, 5.41) is 4.95. The molecule has 6 nitrogen and oxygen atoms in total. The van der Waals surface area contributed by atoms with Crippen LogP contribution in [0.2, 0.25) is 0 Å². The maximum absolute atomic E-state index is 13.5. The zero-order valence-electron chi connectivity index (χ0n) is 22.3. The van der Waals surface area contributed by atoms with Gasteiger partial charge in [-0.15, -0.1) is 0 Å². The summed E-state index contributed by atoms with van der Waals surface area (Å²) in [6, 6.07) is 22.1. The van der Waals surface area contributed by atoms with Crippen LogP contribution in [0.25, 0.3) is 23.0 Å². The second-order valence-electron chi connectivity index (χ2n) is 9.30. The number of aromatic nitrogens is 2. The molecule has 0 unspecified atom stereocenters. The molecule has 0 saturated carbocycles. The van der Waals surface area contributed by atoms with Gasteiger partial charge in [-0.05, 0) is 67.8 Å². The molecule has 2 heterocycles. The number of ether oxygens (including phenoxy) is 2. The van der Waals surface area contributed by atoms with Gasteiger partial charge >= 0.3 is 0 Å². The van der Waals surface area contributed by atoms with Gasteiger partial charge in [-0.2, -0.15) is 5.10 Å². The first-order valence-electron chi connectivity index (χ1n) is 12.6. The fourth-order valence-electron chi connectivity index (χ4n) is 4.52. The summed E-state index contributed by atoms with van der Waals surface area (Å²) < 4.78 is 13.2. The number of carbonyl (C=O) groups is 1. The van der Waals surface area contributed by atoms with Crippen LogP contribution >= 0.6 is 24.0 Å². The summed E-state index contributed by atoms with van der Waals surface area (Å²) in [6.07, 6.45) is 4.53. The molecular formula is C31H29N3O3S2. The van der Waals surface area contributed by atoms with E-state index in [1.54, 1.807) is 19.1 Å². The maximum Gasteiger partial charge on any atom is 0.266 e. The van der Waals surface area contributed by atoms with Crippen LogP contribution in [-0.2, 0) is 11.2 Å². The first kappa shape index (κ1) is 26.7. The van der Waals surface area contributed by atoms with Crippen molar-refractivity contribution in [3.63, 3.8) is 0 Å². The average Bonchev–Trinajstić information content (AvgIpc) is 3.49. The Bertz CT molecular complexity index is 1580. The molecule has 0 aliphatic carbocycles. The molecule has 4 aromatic rings. The molecule has 1 aliphatic heterocycles. The number of thiocarbonyl (C=S) groups is 1. The topological polar surface area (TPSA) is 56.6 Å². The number of para-hydroxylation sites is 1. The van der Waals surface area contributed by atoms with Gasteiger partial charge in [-0.25, -0.2) is 4.68 Å². The number of hydrogen-bond donors (Lipinski definition) is 0. The van der Waals surface area contributed by atoms with Gasteiger partial charge in [0.15, 0.2) is 11.5 Å². The number of nitrogens with zero attached hydrogens (tertiary/aromatic N) is 3. The van der Waals surface area contributed by atoms with E-state index in [-0.39, 0.29) is 5.91 Å². The number of benzene rings is 3. The Morgan fingerprint density at radius 1 is 0.974 bits per heavy atom. The van der Waals surface area contributed by atoms with Crippen molar-refractivity contribution in [3.8, 4) is 28.4 Å². The second-order valence-corrected chi connectivity index (χ2v) is 11.0. The lowest BCUT2D eigenvalue weighted by molar-refractivity contribution is -0.122. The van der Waals surface area contributed by atoms with Crippen LogP contribution in [-0.4, -0.2) is 45.7 Å². The lowest BCUT2D eigenvalue weighted by atomic mass is 10.0. The van der Waals surface area contributed by atoms with Gasteiger partial charge in [0.05, 0.1) is 24.8 Å². The molecule has 0 N–H and O–H groups in total.